The highest BCUT2D eigenvalue weighted by atomic mass is 16.5. The molecule has 1 heterocycles. The Kier molecular flexibility index (Phi) is 4.88. The van der Waals surface area contributed by atoms with Crippen molar-refractivity contribution < 1.29 is 23.8 Å². The molecule has 0 atom stereocenters. The SMILES string of the molecule is COc1cccc(OCC(=O)N2CCOc3ccc(C(C)=O)cc32)c1. The van der Waals surface area contributed by atoms with E-state index in [0.29, 0.717) is 41.7 Å². The van der Waals surface area contributed by atoms with Crippen molar-refractivity contribution in [1.82, 2.24) is 0 Å². The van der Waals surface area contributed by atoms with Crippen LogP contribution in [0.15, 0.2) is 42.5 Å². The second-order valence-corrected chi connectivity index (χ2v) is 5.60. The molecule has 6 heteroatoms. The average Bonchev–Trinajstić information content (AvgIpc) is 2.65. The van der Waals surface area contributed by atoms with Crippen molar-refractivity contribution >= 4 is 17.4 Å². The van der Waals surface area contributed by atoms with Crippen LogP contribution in [-0.2, 0) is 4.79 Å². The van der Waals surface area contributed by atoms with E-state index in [-0.39, 0.29) is 18.3 Å². The van der Waals surface area contributed by atoms with Gasteiger partial charge in [-0.05, 0) is 37.3 Å². The Labute approximate surface area is 145 Å². The monoisotopic (exact) mass is 341 g/mol. The van der Waals surface area contributed by atoms with E-state index in [1.54, 1.807) is 54.5 Å². The molecule has 0 spiro atoms. The molecule has 0 saturated heterocycles. The number of benzene rings is 2. The van der Waals surface area contributed by atoms with E-state index >= 15 is 0 Å². The highest BCUT2D eigenvalue weighted by Crippen LogP contribution is 2.33. The molecule has 130 valence electrons. The van der Waals surface area contributed by atoms with Gasteiger partial charge in [-0.2, -0.15) is 0 Å². The number of ketones is 1. The fourth-order valence-electron chi connectivity index (χ4n) is 2.61. The molecule has 25 heavy (non-hydrogen) atoms. The maximum atomic E-state index is 12.6. The zero-order valence-electron chi connectivity index (χ0n) is 14.2. The van der Waals surface area contributed by atoms with E-state index in [2.05, 4.69) is 0 Å². The lowest BCUT2D eigenvalue weighted by Gasteiger charge is -2.29. The predicted octanol–water partition coefficient (Wildman–Crippen LogP) is 2.70. The van der Waals surface area contributed by atoms with Crippen molar-refractivity contribution in [2.24, 2.45) is 0 Å². The molecule has 0 radical (unpaired) electrons. The first-order valence-electron chi connectivity index (χ1n) is 7.93. The van der Waals surface area contributed by atoms with Crippen LogP contribution < -0.4 is 19.1 Å². The molecule has 0 aromatic heterocycles. The molecular formula is C19H19NO5. The maximum absolute atomic E-state index is 12.6. The minimum absolute atomic E-state index is 0.0617. The number of Topliss-reactive ketones (excluding diaryl/α,β-unsaturated/α-hetero) is 1. The minimum Gasteiger partial charge on any atom is -0.497 e. The van der Waals surface area contributed by atoms with Crippen molar-refractivity contribution in [3.63, 3.8) is 0 Å². The Hall–Kier alpha value is -3.02. The molecule has 2 aromatic rings. The fraction of sp³-hybridized carbons (Fsp3) is 0.263. The van der Waals surface area contributed by atoms with Gasteiger partial charge in [-0.15, -0.1) is 0 Å². The lowest BCUT2D eigenvalue weighted by Crippen LogP contribution is -2.40. The van der Waals surface area contributed by atoms with E-state index in [4.69, 9.17) is 14.2 Å². The Balaban J connectivity index is 1.75. The zero-order valence-corrected chi connectivity index (χ0v) is 14.2. The number of amides is 1. The molecule has 0 fully saturated rings. The second-order valence-electron chi connectivity index (χ2n) is 5.60. The Bertz CT molecular complexity index is 802. The van der Waals surface area contributed by atoms with Crippen LogP contribution in [0.2, 0.25) is 0 Å². The third-order valence-corrected chi connectivity index (χ3v) is 3.93. The lowest BCUT2D eigenvalue weighted by molar-refractivity contribution is -0.120. The number of carbonyl (C=O) groups excluding carboxylic acids is 2. The van der Waals surface area contributed by atoms with Crippen LogP contribution in [-0.4, -0.2) is 38.6 Å². The van der Waals surface area contributed by atoms with Crippen LogP contribution >= 0.6 is 0 Å². The first kappa shape index (κ1) is 16.8. The molecule has 1 amide bonds. The molecular weight excluding hydrogens is 322 g/mol. The van der Waals surface area contributed by atoms with E-state index in [1.165, 1.54) is 6.92 Å². The van der Waals surface area contributed by atoms with E-state index in [1.807, 2.05) is 0 Å². The molecule has 6 nitrogen and oxygen atoms in total. The number of methoxy groups -OCH3 is 1. The van der Waals surface area contributed by atoms with Crippen LogP contribution in [0.5, 0.6) is 17.2 Å². The van der Waals surface area contributed by atoms with Crippen molar-refractivity contribution in [2.75, 3.05) is 31.8 Å². The van der Waals surface area contributed by atoms with Gasteiger partial charge in [0.2, 0.25) is 0 Å². The summed E-state index contributed by atoms with van der Waals surface area (Å²) in [5.74, 6) is 1.54. The Morgan fingerprint density at radius 2 is 1.96 bits per heavy atom. The topological polar surface area (TPSA) is 65.1 Å². The van der Waals surface area contributed by atoms with Crippen LogP contribution in [0.4, 0.5) is 5.69 Å². The van der Waals surface area contributed by atoms with Crippen molar-refractivity contribution in [2.45, 2.75) is 6.92 Å². The summed E-state index contributed by atoms with van der Waals surface area (Å²) in [6.07, 6.45) is 0. The third kappa shape index (κ3) is 3.74. The van der Waals surface area contributed by atoms with Crippen LogP contribution in [0.1, 0.15) is 17.3 Å². The number of carbonyl (C=O) groups is 2. The van der Waals surface area contributed by atoms with Gasteiger partial charge >= 0.3 is 0 Å². The molecule has 0 bridgehead atoms. The summed E-state index contributed by atoms with van der Waals surface area (Å²) in [5, 5.41) is 0. The number of rotatable bonds is 5. The zero-order chi connectivity index (χ0) is 17.8. The molecule has 1 aliphatic rings. The van der Waals surface area contributed by atoms with Gasteiger partial charge in [0, 0.05) is 11.6 Å². The summed E-state index contributed by atoms with van der Waals surface area (Å²) < 4.78 is 16.3. The minimum atomic E-state index is -0.201. The van der Waals surface area contributed by atoms with E-state index in [9.17, 15) is 9.59 Å². The maximum Gasteiger partial charge on any atom is 0.265 e. The van der Waals surface area contributed by atoms with Gasteiger partial charge in [0.25, 0.3) is 5.91 Å². The van der Waals surface area contributed by atoms with Gasteiger partial charge in [0.05, 0.1) is 19.3 Å². The average molecular weight is 341 g/mol. The number of hydrogen-bond donors (Lipinski definition) is 0. The van der Waals surface area contributed by atoms with E-state index in [0.717, 1.165) is 0 Å². The molecule has 0 N–H and O–H groups in total. The van der Waals surface area contributed by atoms with Gasteiger partial charge in [0.1, 0.15) is 23.9 Å². The quantitative estimate of drug-likeness (QED) is 0.783. The van der Waals surface area contributed by atoms with Gasteiger partial charge < -0.3 is 19.1 Å². The van der Waals surface area contributed by atoms with Crippen molar-refractivity contribution in [1.29, 1.82) is 0 Å². The lowest BCUT2D eigenvalue weighted by atomic mass is 10.1. The second kappa shape index (κ2) is 7.25. The fourth-order valence-corrected chi connectivity index (χ4v) is 2.61. The molecule has 1 aliphatic heterocycles. The highest BCUT2D eigenvalue weighted by Gasteiger charge is 2.25. The molecule has 0 saturated carbocycles. The summed E-state index contributed by atoms with van der Waals surface area (Å²) in [7, 11) is 1.57. The first-order chi connectivity index (χ1) is 12.1. The summed E-state index contributed by atoms with van der Waals surface area (Å²) in [4.78, 5) is 25.8. The smallest absolute Gasteiger partial charge is 0.265 e. The largest absolute Gasteiger partial charge is 0.497 e. The van der Waals surface area contributed by atoms with Crippen molar-refractivity contribution in [3.8, 4) is 17.2 Å². The number of fused-ring (bicyclic) bond motifs is 1. The summed E-state index contributed by atoms with van der Waals surface area (Å²) in [6.45, 7) is 2.19. The van der Waals surface area contributed by atoms with Crippen LogP contribution in [0.25, 0.3) is 0 Å². The Morgan fingerprint density at radius 3 is 2.72 bits per heavy atom. The van der Waals surface area contributed by atoms with Crippen LogP contribution in [0, 0.1) is 0 Å². The molecule has 0 unspecified atom stereocenters. The summed E-state index contributed by atoms with van der Waals surface area (Å²) in [6, 6.07) is 12.2. The highest BCUT2D eigenvalue weighted by molar-refractivity contribution is 6.00. The number of anilines is 1. The van der Waals surface area contributed by atoms with E-state index < -0.39 is 0 Å². The summed E-state index contributed by atoms with van der Waals surface area (Å²) >= 11 is 0. The summed E-state index contributed by atoms with van der Waals surface area (Å²) in [5.41, 5.74) is 1.13. The van der Waals surface area contributed by atoms with Crippen molar-refractivity contribution in [3.05, 3.63) is 48.0 Å². The van der Waals surface area contributed by atoms with Gasteiger partial charge in [-0.1, -0.05) is 6.07 Å². The van der Waals surface area contributed by atoms with Gasteiger partial charge in [0.15, 0.2) is 12.4 Å². The normalized spacial score (nSPS) is 12.8. The predicted molar refractivity (Wildman–Crippen MR) is 92.8 cm³/mol. The third-order valence-electron chi connectivity index (χ3n) is 3.93. The molecule has 3 rings (SSSR count). The molecule has 2 aromatic carbocycles. The number of hydrogen-bond acceptors (Lipinski definition) is 5. The van der Waals surface area contributed by atoms with Gasteiger partial charge in [-0.3, -0.25) is 9.59 Å². The Morgan fingerprint density at radius 1 is 1.16 bits per heavy atom. The van der Waals surface area contributed by atoms with Gasteiger partial charge in [-0.25, -0.2) is 0 Å². The standard InChI is InChI=1S/C19H19NO5/c1-13(21)14-6-7-18-17(10-14)20(8-9-24-18)19(22)12-25-16-5-3-4-15(11-16)23-2/h3-7,10-11H,8-9,12H2,1-2H3. The first-order valence-corrected chi connectivity index (χ1v) is 7.93. The van der Waals surface area contributed by atoms with Crippen LogP contribution in [0.3, 0.4) is 0 Å². The molecule has 0 aliphatic carbocycles. The number of nitrogens with zero attached hydrogens (tertiary/aromatic N) is 1. The number of ether oxygens (including phenoxy) is 3.